The summed E-state index contributed by atoms with van der Waals surface area (Å²) in [5, 5.41) is 0. The Hall–Kier alpha value is -0.790. The van der Waals surface area contributed by atoms with E-state index in [-0.39, 0.29) is 0 Å². The Bertz CT molecular complexity index is 300. The molecule has 0 amide bonds. The Kier molecular flexibility index (Phi) is 2.38. The third-order valence-electron chi connectivity index (χ3n) is 2.90. The quantitative estimate of drug-likeness (QED) is 0.717. The van der Waals surface area contributed by atoms with E-state index in [9.17, 15) is 0 Å². The van der Waals surface area contributed by atoms with Gasteiger partial charge in [-0.1, -0.05) is 27.7 Å². The molecule has 14 heavy (non-hydrogen) atoms. The van der Waals surface area contributed by atoms with Gasteiger partial charge in [0.25, 0.3) is 0 Å². The van der Waals surface area contributed by atoms with Gasteiger partial charge in [-0.05, 0) is 24.7 Å². The lowest BCUT2D eigenvalue weighted by Crippen LogP contribution is -2.04. The maximum atomic E-state index is 4.56. The molecule has 0 radical (unpaired) electrons. The fourth-order valence-corrected chi connectivity index (χ4v) is 2.07. The van der Waals surface area contributed by atoms with Crippen molar-refractivity contribution in [2.75, 3.05) is 0 Å². The summed E-state index contributed by atoms with van der Waals surface area (Å²) in [7, 11) is 0. The van der Waals surface area contributed by atoms with Crippen LogP contribution in [0.3, 0.4) is 0 Å². The van der Waals surface area contributed by atoms with Crippen molar-refractivity contribution >= 4 is 0 Å². The molecule has 1 fully saturated rings. The average molecular weight is 192 g/mol. The van der Waals surface area contributed by atoms with Crippen LogP contribution in [0.2, 0.25) is 0 Å². The first kappa shape index (κ1) is 9.75. The van der Waals surface area contributed by atoms with Crippen molar-refractivity contribution in [2.24, 2.45) is 0 Å². The van der Waals surface area contributed by atoms with Crippen LogP contribution >= 0.6 is 0 Å². The first-order valence-electron chi connectivity index (χ1n) is 5.68. The molecule has 2 nitrogen and oxygen atoms in total. The number of rotatable bonds is 3. The highest BCUT2D eigenvalue weighted by molar-refractivity contribution is 5.21. The van der Waals surface area contributed by atoms with E-state index in [4.69, 9.17) is 0 Å². The summed E-state index contributed by atoms with van der Waals surface area (Å²) < 4.78 is 2.40. The van der Waals surface area contributed by atoms with E-state index in [1.54, 1.807) is 0 Å². The summed E-state index contributed by atoms with van der Waals surface area (Å²) in [6.07, 6.45) is 4.73. The molecule has 0 bridgehead atoms. The second kappa shape index (κ2) is 3.41. The molecule has 0 unspecified atom stereocenters. The van der Waals surface area contributed by atoms with Crippen LogP contribution in [0, 0.1) is 0 Å². The van der Waals surface area contributed by atoms with Crippen LogP contribution in [0.4, 0.5) is 0 Å². The van der Waals surface area contributed by atoms with Crippen molar-refractivity contribution in [1.29, 1.82) is 0 Å². The first-order chi connectivity index (χ1) is 6.61. The summed E-state index contributed by atoms with van der Waals surface area (Å²) in [5.74, 6) is 1.14. The molecule has 1 heterocycles. The predicted octanol–water partition coefficient (Wildman–Crippen LogP) is 3.46. The molecule has 0 spiro atoms. The molecule has 1 aromatic heterocycles. The van der Waals surface area contributed by atoms with Gasteiger partial charge in [0.2, 0.25) is 0 Å². The van der Waals surface area contributed by atoms with Gasteiger partial charge in [0.1, 0.15) is 0 Å². The van der Waals surface area contributed by atoms with E-state index < -0.39 is 0 Å². The molecule has 1 aromatic rings. The molecule has 1 aliphatic rings. The van der Waals surface area contributed by atoms with Crippen molar-refractivity contribution in [3.05, 3.63) is 17.7 Å². The third-order valence-corrected chi connectivity index (χ3v) is 2.90. The summed E-state index contributed by atoms with van der Waals surface area (Å²) in [6, 6.07) is 0.757. The second-order valence-corrected chi connectivity index (χ2v) is 4.96. The topological polar surface area (TPSA) is 17.8 Å². The molecule has 0 saturated heterocycles. The van der Waals surface area contributed by atoms with Crippen molar-refractivity contribution in [3.8, 4) is 0 Å². The number of hydrogen-bond donors (Lipinski definition) is 0. The molecule has 0 aromatic carbocycles. The van der Waals surface area contributed by atoms with Gasteiger partial charge in [-0.15, -0.1) is 0 Å². The molecule has 0 N–H and O–H groups in total. The van der Waals surface area contributed by atoms with Crippen LogP contribution in [0.5, 0.6) is 0 Å². The van der Waals surface area contributed by atoms with Gasteiger partial charge in [0.15, 0.2) is 0 Å². The van der Waals surface area contributed by atoms with Crippen LogP contribution in [-0.4, -0.2) is 9.55 Å². The number of aromatic nitrogens is 2. The van der Waals surface area contributed by atoms with Gasteiger partial charge in [-0.3, -0.25) is 0 Å². The predicted molar refractivity (Wildman–Crippen MR) is 58.7 cm³/mol. The number of hydrogen-bond acceptors (Lipinski definition) is 1. The normalized spacial score (nSPS) is 17.0. The van der Waals surface area contributed by atoms with Gasteiger partial charge in [0, 0.05) is 11.7 Å². The van der Waals surface area contributed by atoms with Crippen LogP contribution < -0.4 is 0 Å². The molecule has 0 atom stereocenters. The second-order valence-electron chi connectivity index (χ2n) is 4.96. The number of nitrogens with zero attached hydrogens (tertiary/aromatic N) is 2. The van der Waals surface area contributed by atoms with Gasteiger partial charge in [-0.25, -0.2) is 4.98 Å². The smallest absolute Gasteiger partial charge is 0.0954 e. The zero-order valence-electron chi connectivity index (χ0n) is 9.62. The Morgan fingerprint density at radius 2 is 1.86 bits per heavy atom. The van der Waals surface area contributed by atoms with E-state index >= 15 is 0 Å². The molecular formula is C12H20N2. The fraction of sp³-hybridized carbons (Fsp3) is 0.750. The van der Waals surface area contributed by atoms with E-state index in [0.29, 0.717) is 11.8 Å². The molecule has 0 aliphatic heterocycles. The van der Waals surface area contributed by atoms with Crippen molar-refractivity contribution in [1.82, 2.24) is 9.55 Å². The Morgan fingerprint density at radius 1 is 1.21 bits per heavy atom. The summed E-state index contributed by atoms with van der Waals surface area (Å²) in [6.45, 7) is 8.99. The Labute approximate surface area is 86.3 Å². The van der Waals surface area contributed by atoms with Crippen LogP contribution in [0.15, 0.2) is 6.33 Å². The molecule has 2 heteroatoms. The van der Waals surface area contributed by atoms with Crippen molar-refractivity contribution in [2.45, 2.75) is 58.4 Å². The first-order valence-corrected chi connectivity index (χ1v) is 5.68. The molecule has 2 rings (SSSR count). The van der Waals surface area contributed by atoms with Crippen molar-refractivity contribution < 1.29 is 0 Å². The molecule has 1 saturated carbocycles. The number of imidazole rings is 1. The van der Waals surface area contributed by atoms with Gasteiger partial charge < -0.3 is 4.57 Å². The lowest BCUT2D eigenvalue weighted by molar-refractivity contribution is 0.644. The largest absolute Gasteiger partial charge is 0.331 e. The summed E-state index contributed by atoms with van der Waals surface area (Å²) in [4.78, 5) is 4.56. The van der Waals surface area contributed by atoms with Crippen LogP contribution in [-0.2, 0) is 0 Å². The highest BCUT2D eigenvalue weighted by Gasteiger charge is 2.28. The maximum absolute atomic E-state index is 4.56. The highest BCUT2D eigenvalue weighted by Crippen LogP contribution is 2.39. The standard InChI is InChI=1S/C12H20N2/c1-8(2)11-12(9(3)4)14(7-13-11)10-5-6-10/h7-10H,5-6H2,1-4H3. The Balaban J connectivity index is 2.41. The van der Waals surface area contributed by atoms with E-state index in [0.717, 1.165) is 6.04 Å². The minimum atomic E-state index is 0.549. The Morgan fingerprint density at radius 3 is 2.29 bits per heavy atom. The van der Waals surface area contributed by atoms with Gasteiger partial charge in [-0.2, -0.15) is 0 Å². The molecular weight excluding hydrogens is 172 g/mol. The van der Waals surface area contributed by atoms with Crippen LogP contribution in [0.25, 0.3) is 0 Å². The summed E-state index contributed by atoms with van der Waals surface area (Å²) >= 11 is 0. The monoisotopic (exact) mass is 192 g/mol. The summed E-state index contributed by atoms with van der Waals surface area (Å²) in [5.41, 5.74) is 2.76. The van der Waals surface area contributed by atoms with Gasteiger partial charge in [0.05, 0.1) is 12.0 Å². The fourth-order valence-electron chi connectivity index (χ4n) is 2.07. The zero-order valence-corrected chi connectivity index (χ0v) is 9.62. The maximum Gasteiger partial charge on any atom is 0.0954 e. The van der Waals surface area contributed by atoms with E-state index in [1.165, 1.54) is 24.2 Å². The average Bonchev–Trinajstić information content (AvgIpc) is 2.83. The molecule has 1 aliphatic carbocycles. The molecule has 78 valence electrons. The third kappa shape index (κ3) is 1.58. The van der Waals surface area contributed by atoms with Gasteiger partial charge >= 0.3 is 0 Å². The van der Waals surface area contributed by atoms with Crippen LogP contribution in [0.1, 0.15) is 69.8 Å². The van der Waals surface area contributed by atoms with E-state index in [1.807, 2.05) is 6.33 Å². The minimum Gasteiger partial charge on any atom is -0.331 e. The highest BCUT2D eigenvalue weighted by atomic mass is 15.1. The van der Waals surface area contributed by atoms with Crippen molar-refractivity contribution in [3.63, 3.8) is 0 Å². The lowest BCUT2D eigenvalue weighted by Gasteiger charge is -2.13. The SMILES string of the molecule is CC(C)c1ncn(C2CC2)c1C(C)C. The zero-order chi connectivity index (χ0) is 10.3. The van der Waals surface area contributed by atoms with E-state index in [2.05, 4.69) is 37.2 Å². The minimum absolute atomic E-state index is 0.549. The lowest BCUT2D eigenvalue weighted by atomic mass is 10.0.